The van der Waals surface area contributed by atoms with E-state index in [0.29, 0.717) is 11.5 Å². The molecule has 1 amide bonds. The van der Waals surface area contributed by atoms with Gasteiger partial charge in [0.15, 0.2) is 0 Å². The molecule has 38 heavy (non-hydrogen) atoms. The first-order valence-corrected chi connectivity index (χ1v) is 13.9. The number of fused-ring (bicyclic) bond motifs is 1. The van der Waals surface area contributed by atoms with Crippen molar-refractivity contribution in [2.75, 3.05) is 47.4 Å². The third-order valence-corrected chi connectivity index (χ3v) is 7.94. The van der Waals surface area contributed by atoms with Crippen LogP contribution in [-0.2, 0) is 0 Å². The summed E-state index contributed by atoms with van der Waals surface area (Å²) < 4.78 is 18.0. The predicted octanol–water partition coefficient (Wildman–Crippen LogP) is 6.94. The maximum Gasteiger partial charge on any atom is 0.263 e. The number of ether oxygens (including phenoxy) is 3. The average molecular weight is 531 g/mol. The molecule has 1 aromatic heterocycles. The summed E-state index contributed by atoms with van der Waals surface area (Å²) in [5.74, 6) is 3.08. The molecule has 0 bridgehead atoms. The number of rotatable bonds is 9. The fraction of sp³-hybridized carbons (Fsp3) is 0.323. The number of benzene rings is 3. The minimum atomic E-state index is -0.00915. The van der Waals surface area contributed by atoms with Crippen molar-refractivity contribution in [3.05, 3.63) is 71.6 Å². The lowest BCUT2D eigenvalue weighted by Crippen LogP contribution is -2.33. The summed E-state index contributed by atoms with van der Waals surface area (Å²) in [6.45, 7) is 3.98. The van der Waals surface area contributed by atoms with E-state index in [-0.39, 0.29) is 5.91 Å². The summed E-state index contributed by atoms with van der Waals surface area (Å²) in [5, 5.41) is 1.99. The highest BCUT2D eigenvalue weighted by Gasteiger charge is 2.18. The molecule has 1 aliphatic rings. The van der Waals surface area contributed by atoms with Crippen LogP contribution >= 0.6 is 11.3 Å². The molecule has 0 saturated carbocycles. The number of carbonyl (C=O) groups is 1. The van der Waals surface area contributed by atoms with Gasteiger partial charge in [-0.2, -0.15) is 0 Å². The van der Waals surface area contributed by atoms with Crippen molar-refractivity contribution < 1.29 is 19.0 Å². The molecule has 0 spiro atoms. The molecule has 3 aromatic carbocycles. The number of carbonyl (C=O) groups excluding carboxylic acids is 1. The minimum Gasteiger partial charge on any atom is -0.497 e. The molecule has 4 aromatic rings. The fourth-order valence-electron chi connectivity index (χ4n) is 4.73. The van der Waals surface area contributed by atoms with E-state index >= 15 is 0 Å². The molecule has 6 nitrogen and oxygen atoms in total. The fourth-order valence-corrected chi connectivity index (χ4v) is 5.78. The van der Waals surface area contributed by atoms with Crippen molar-refractivity contribution in [2.45, 2.75) is 19.3 Å². The summed E-state index contributed by atoms with van der Waals surface area (Å²) in [6, 6.07) is 21.7. The van der Waals surface area contributed by atoms with E-state index in [0.717, 1.165) is 50.8 Å². The summed E-state index contributed by atoms with van der Waals surface area (Å²) in [7, 11) is 5.19. The number of piperidine rings is 1. The molecular formula is C31H34N2O4S. The second kappa shape index (κ2) is 11.9. The number of likely N-dealkylation sites (tertiary alicyclic amines) is 1. The van der Waals surface area contributed by atoms with Crippen molar-refractivity contribution in [3.63, 3.8) is 0 Å². The van der Waals surface area contributed by atoms with Crippen LogP contribution in [0.15, 0.2) is 66.7 Å². The zero-order chi connectivity index (χ0) is 26.5. The van der Waals surface area contributed by atoms with Crippen LogP contribution in [-0.4, -0.2) is 63.2 Å². The quantitative estimate of drug-likeness (QED) is 0.235. The van der Waals surface area contributed by atoms with Crippen molar-refractivity contribution in [3.8, 4) is 33.4 Å². The molecule has 0 radical (unpaired) electrons. The van der Waals surface area contributed by atoms with Gasteiger partial charge in [-0.1, -0.05) is 12.5 Å². The molecule has 5 rings (SSSR count). The van der Waals surface area contributed by atoms with Gasteiger partial charge in [-0.15, -0.1) is 11.3 Å². The number of hydrogen-bond donors (Lipinski definition) is 0. The van der Waals surface area contributed by atoms with E-state index in [4.69, 9.17) is 14.2 Å². The van der Waals surface area contributed by atoms with Gasteiger partial charge in [0.2, 0.25) is 0 Å². The van der Waals surface area contributed by atoms with Crippen molar-refractivity contribution in [1.29, 1.82) is 0 Å². The van der Waals surface area contributed by atoms with Gasteiger partial charge < -0.3 is 19.1 Å². The Labute approximate surface area is 228 Å². The van der Waals surface area contributed by atoms with E-state index in [9.17, 15) is 4.79 Å². The Morgan fingerprint density at radius 2 is 1.63 bits per heavy atom. The maximum absolute atomic E-state index is 12.5. The summed E-state index contributed by atoms with van der Waals surface area (Å²) in [4.78, 5) is 18.3. The normalized spacial score (nSPS) is 13.9. The van der Waals surface area contributed by atoms with Gasteiger partial charge in [-0.3, -0.25) is 9.69 Å². The lowest BCUT2D eigenvalue weighted by Gasteiger charge is -2.26. The molecule has 0 atom stereocenters. The highest BCUT2D eigenvalue weighted by molar-refractivity contribution is 7.17. The second-order valence-electron chi connectivity index (χ2n) is 9.72. The average Bonchev–Trinajstić information content (AvgIpc) is 3.44. The van der Waals surface area contributed by atoms with Gasteiger partial charge in [0.1, 0.15) is 29.6 Å². The number of amides is 1. The van der Waals surface area contributed by atoms with Gasteiger partial charge in [0, 0.05) is 36.5 Å². The zero-order valence-electron chi connectivity index (χ0n) is 22.2. The Morgan fingerprint density at radius 1 is 0.895 bits per heavy atom. The van der Waals surface area contributed by atoms with Crippen LogP contribution < -0.4 is 14.2 Å². The standard InChI is InChI=1S/C31H34N2O4S/c1-32(2)31(34)29-16-15-28(38-29)27-13-7-22-21-25(35-3)12-14-26(22)30(27)37-24-10-8-23(9-11-24)36-20-19-33-17-5-4-6-18-33/h7-16,21H,4-6,17-20H2,1-3H3. The molecular weight excluding hydrogens is 496 g/mol. The van der Waals surface area contributed by atoms with E-state index in [1.54, 1.807) is 26.1 Å². The highest BCUT2D eigenvalue weighted by Crippen LogP contribution is 2.43. The van der Waals surface area contributed by atoms with Crippen LogP contribution in [0.3, 0.4) is 0 Å². The van der Waals surface area contributed by atoms with Crippen molar-refractivity contribution in [1.82, 2.24) is 9.80 Å². The van der Waals surface area contributed by atoms with Crippen LogP contribution in [0.5, 0.6) is 23.0 Å². The first-order chi connectivity index (χ1) is 18.5. The van der Waals surface area contributed by atoms with E-state index < -0.39 is 0 Å². The molecule has 1 fully saturated rings. The SMILES string of the molecule is COc1ccc2c(Oc3ccc(OCCN4CCCCC4)cc3)c(-c3ccc(C(=O)N(C)C)s3)ccc2c1. The van der Waals surface area contributed by atoms with Crippen molar-refractivity contribution >= 4 is 28.0 Å². The summed E-state index contributed by atoms with van der Waals surface area (Å²) in [6.07, 6.45) is 3.91. The lowest BCUT2D eigenvalue weighted by molar-refractivity contribution is 0.0832. The Bertz CT molecular complexity index is 1390. The van der Waals surface area contributed by atoms with Crippen LogP contribution in [0.2, 0.25) is 0 Å². The van der Waals surface area contributed by atoms with Crippen LogP contribution in [0.4, 0.5) is 0 Å². The first kappa shape index (κ1) is 26.1. The second-order valence-corrected chi connectivity index (χ2v) is 10.8. The Kier molecular flexibility index (Phi) is 8.15. The van der Waals surface area contributed by atoms with Crippen LogP contribution in [0.1, 0.15) is 28.9 Å². The van der Waals surface area contributed by atoms with E-state index in [1.807, 2.05) is 60.7 Å². The molecule has 0 N–H and O–H groups in total. The van der Waals surface area contributed by atoms with Gasteiger partial charge in [-0.25, -0.2) is 0 Å². The van der Waals surface area contributed by atoms with Gasteiger partial charge >= 0.3 is 0 Å². The zero-order valence-corrected chi connectivity index (χ0v) is 23.1. The molecule has 0 aliphatic carbocycles. The van der Waals surface area contributed by atoms with Gasteiger partial charge in [-0.05, 0) is 92.0 Å². The highest BCUT2D eigenvalue weighted by atomic mass is 32.1. The van der Waals surface area contributed by atoms with Crippen LogP contribution in [0.25, 0.3) is 21.2 Å². The summed E-state index contributed by atoms with van der Waals surface area (Å²) >= 11 is 1.47. The number of nitrogens with zero attached hydrogens (tertiary/aromatic N) is 2. The molecule has 0 unspecified atom stereocenters. The number of methoxy groups -OCH3 is 1. The Balaban J connectivity index is 1.39. The molecule has 198 valence electrons. The molecule has 7 heteroatoms. The predicted molar refractivity (Wildman–Crippen MR) is 154 cm³/mol. The smallest absolute Gasteiger partial charge is 0.263 e. The lowest BCUT2D eigenvalue weighted by atomic mass is 10.0. The van der Waals surface area contributed by atoms with Crippen LogP contribution in [0, 0.1) is 0 Å². The monoisotopic (exact) mass is 530 g/mol. The maximum atomic E-state index is 12.5. The third-order valence-electron chi connectivity index (χ3n) is 6.83. The minimum absolute atomic E-state index is 0.00915. The first-order valence-electron chi connectivity index (χ1n) is 13.1. The van der Waals surface area contributed by atoms with Crippen molar-refractivity contribution in [2.24, 2.45) is 0 Å². The topological polar surface area (TPSA) is 51.2 Å². The Morgan fingerprint density at radius 3 is 2.37 bits per heavy atom. The third kappa shape index (κ3) is 5.95. The molecule has 2 heterocycles. The van der Waals surface area contributed by atoms with Gasteiger partial charge in [0.05, 0.1) is 12.0 Å². The molecule has 1 saturated heterocycles. The summed E-state index contributed by atoms with van der Waals surface area (Å²) in [5.41, 5.74) is 0.937. The number of thiophene rings is 1. The molecule has 1 aliphatic heterocycles. The Hall–Kier alpha value is -3.55. The van der Waals surface area contributed by atoms with Gasteiger partial charge in [0.25, 0.3) is 5.91 Å². The number of hydrogen-bond acceptors (Lipinski definition) is 6. The van der Waals surface area contributed by atoms with E-state index in [1.165, 1.54) is 43.7 Å². The largest absolute Gasteiger partial charge is 0.497 e. The van der Waals surface area contributed by atoms with E-state index in [2.05, 4.69) is 11.0 Å².